The molecule has 1 aromatic carbocycles. The van der Waals surface area contributed by atoms with Gasteiger partial charge in [-0.3, -0.25) is 0 Å². The summed E-state index contributed by atoms with van der Waals surface area (Å²) < 4.78 is 6.12. The first kappa shape index (κ1) is 9.71. The van der Waals surface area contributed by atoms with Gasteiger partial charge in [-0.05, 0) is 32.9 Å². The van der Waals surface area contributed by atoms with Crippen LogP contribution in [0.1, 0.15) is 25.0 Å². The van der Waals surface area contributed by atoms with Gasteiger partial charge in [0.1, 0.15) is 11.4 Å². The Labute approximate surface area is 96.4 Å². The first-order valence-corrected chi connectivity index (χ1v) is 5.72. The summed E-state index contributed by atoms with van der Waals surface area (Å²) in [6.45, 7) is 6.53. The fourth-order valence-electron chi connectivity index (χ4n) is 2.69. The molecule has 0 saturated carbocycles. The molecule has 1 aliphatic carbocycles. The van der Waals surface area contributed by atoms with E-state index in [9.17, 15) is 0 Å². The Morgan fingerprint density at radius 2 is 1.81 bits per heavy atom. The molecule has 1 nitrogen and oxygen atoms in total. The predicted octanol–water partition coefficient (Wildman–Crippen LogP) is 3.53. The summed E-state index contributed by atoms with van der Waals surface area (Å²) in [6.07, 6.45) is 8.59. The molecule has 0 aromatic heterocycles. The molecule has 0 fully saturated rings. The van der Waals surface area contributed by atoms with Gasteiger partial charge in [0.2, 0.25) is 0 Å². The maximum absolute atomic E-state index is 6.12. The van der Waals surface area contributed by atoms with Crippen LogP contribution in [0.3, 0.4) is 0 Å². The van der Waals surface area contributed by atoms with Crippen molar-refractivity contribution in [3.63, 3.8) is 0 Å². The highest BCUT2D eigenvalue weighted by molar-refractivity contribution is 5.55. The highest BCUT2D eigenvalue weighted by Crippen LogP contribution is 2.52. The van der Waals surface area contributed by atoms with Crippen molar-refractivity contribution >= 4 is 0 Å². The van der Waals surface area contributed by atoms with E-state index in [1.807, 2.05) is 0 Å². The summed E-state index contributed by atoms with van der Waals surface area (Å²) in [6, 6.07) is 6.43. The maximum atomic E-state index is 6.12. The number of aryl methyl sites for hydroxylation is 1. The van der Waals surface area contributed by atoms with Crippen LogP contribution in [-0.4, -0.2) is 5.60 Å². The van der Waals surface area contributed by atoms with E-state index in [0.29, 0.717) is 0 Å². The van der Waals surface area contributed by atoms with Gasteiger partial charge in [-0.25, -0.2) is 0 Å². The fourth-order valence-corrected chi connectivity index (χ4v) is 2.69. The van der Waals surface area contributed by atoms with E-state index in [1.165, 1.54) is 11.1 Å². The van der Waals surface area contributed by atoms with Gasteiger partial charge >= 0.3 is 0 Å². The molecule has 16 heavy (non-hydrogen) atoms. The molecule has 1 aromatic rings. The number of ether oxygens (including phenoxy) is 1. The summed E-state index contributed by atoms with van der Waals surface area (Å²) in [4.78, 5) is 0. The first-order chi connectivity index (χ1) is 7.55. The average Bonchev–Trinajstić information content (AvgIpc) is 2.47. The lowest BCUT2D eigenvalue weighted by atomic mass is 9.69. The third kappa shape index (κ3) is 1.01. The van der Waals surface area contributed by atoms with Gasteiger partial charge < -0.3 is 4.74 Å². The monoisotopic (exact) mass is 212 g/mol. The van der Waals surface area contributed by atoms with E-state index in [2.05, 4.69) is 63.3 Å². The molecule has 0 radical (unpaired) electrons. The van der Waals surface area contributed by atoms with E-state index in [4.69, 9.17) is 4.74 Å². The summed E-state index contributed by atoms with van der Waals surface area (Å²) in [5.74, 6) is 1.02. The van der Waals surface area contributed by atoms with Gasteiger partial charge in [0.25, 0.3) is 0 Å². The van der Waals surface area contributed by atoms with Gasteiger partial charge in [-0.2, -0.15) is 0 Å². The number of benzene rings is 1. The highest BCUT2D eigenvalue weighted by atomic mass is 16.5. The molecule has 2 atom stereocenters. The summed E-state index contributed by atoms with van der Waals surface area (Å²) in [5, 5.41) is 0. The van der Waals surface area contributed by atoms with E-state index in [1.54, 1.807) is 0 Å². The van der Waals surface area contributed by atoms with Gasteiger partial charge in [0, 0.05) is 5.56 Å². The lowest BCUT2D eigenvalue weighted by Gasteiger charge is -2.37. The van der Waals surface area contributed by atoms with Gasteiger partial charge in [-0.15, -0.1) is 0 Å². The molecular weight excluding hydrogens is 196 g/mol. The van der Waals surface area contributed by atoms with Crippen molar-refractivity contribution in [1.29, 1.82) is 0 Å². The van der Waals surface area contributed by atoms with Crippen LogP contribution in [0, 0.1) is 6.92 Å². The molecule has 1 heterocycles. The number of rotatable bonds is 0. The summed E-state index contributed by atoms with van der Waals surface area (Å²) in [5.41, 5.74) is 2.31. The minimum atomic E-state index is -0.238. The van der Waals surface area contributed by atoms with Gasteiger partial charge in [0.15, 0.2) is 0 Å². The Hall–Kier alpha value is -1.50. The Bertz CT molecular complexity index is 512. The fraction of sp³-hybridized carbons (Fsp3) is 0.333. The SMILES string of the molecule is Cc1ccc2c(c1)C1(C)C=CC=CC1(C)O2. The van der Waals surface area contributed by atoms with Crippen molar-refractivity contribution in [3.05, 3.63) is 53.6 Å². The Kier molecular flexibility index (Phi) is 1.69. The topological polar surface area (TPSA) is 9.23 Å². The molecule has 82 valence electrons. The van der Waals surface area contributed by atoms with E-state index >= 15 is 0 Å². The van der Waals surface area contributed by atoms with Crippen LogP contribution in [0.2, 0.25) is 0 Å². The molecule has 2 unspecified atom stereocenters. The largest absolute Gasteiger partial charge is 0.482 e. The van der Waals surface area contributed by atoms with Crippen molar-refractivity contribution in [1.82, 2.24) is 0 Å². The molecule has 1 aliphatic heterocycles. The third-order valence-electron chi connectivity index (χ3n) is 4.00. The summed E-state index contributed by atoms with van der Waals surface area (Å²) >= 11 is 0. The van der Waals surface area contributed by atoms with E-state index in [-0.39, 0.29) is 11.0 Å². The Balaban J connectivity index is 2.27. The van der Waals surface area contributed by atoms with Crippen molar-refractivity contribution < 1.29 is 4.74 Å². The molecule has 0 spiro atoms. The third-order valence-corrected chi connectivity index (χ3v) is 4.00. The zero-order chi connectivity index (χ0) is 11.4. The van der Waals surface area contributed by atoms with Crippen LogP contribution < -0.4 is 4.74 Å². The minimum absolute atomic E-state index is 0.0386. The first-order valence-electron chi connectivity index (χ1n) is 5.72. The van der Waals surface area contributed by atoms with Crippen molar-refractivity contribution in [3.8, 4) is 5.75 Å². The van der Waals surface area contributed by atoms with Crippen molar-refractivity contribution in [2.45, 2.75) is 31.8 Å². The number of allylic oxidation sites excluding steroid dienone is 2. The van der Waals surface area contributed by atoms with Crippen LogP contribution in [0.25, 0.3) is 0 Å². The predicted molar refractivity (Wildman–Crippen MR) is 65.8 cm³/mol. The van der Waals surface area contributed by atoms with Crippen LogP contribution in [0.4, 0.5) is 0 Å². The van der Waals surface area contributed by atoms with Crippen LogP contribution >= 0.6 is 0 Å². The van der Waals surface area contributed by atoms with Crippen LogP contribution in [-0.2, 0) is 5.41 Å². The highest BCUT2D eigenvalue weighted by Gasteiger charge is 2.52. The van der Waals surface area contributed by atoms with Crippen LogP contribution in [0.5, 0.6) is 5.75 Å². The standard InChI is InChI=1S/C15H16O/c1-11-6-7-13-12(10-11)14(2)8-4-5-9-15(14,3)16-13/h4-10H,1-3H3. The second kappa shape index (κ2) is 2.79. The van der Waals surface area contributed by atoms with E-state index < -0.39 is 0 Å². The smallest absolute Gasteiger partial charge is 0.138 e. The second-order valence-electron chi connectivity index (χ2n) is 5.13. The molecule has 3 rings (SSSR count). The lowest BCUT2D eigenvalue weighted by Crippen LogP contribution is -2.45. The zero-order valence-electron chi connectivity index (χ0n) is 9.95. The minimum Gasteiger partial charge on any atom is -0.482 e. The lowest BCUT2D eigenvalue weighted by molar-refractivity contribution is 0.115. The Morgan fingerprint density at radius 1 is 1.06 bits per heavy atom. The van der Waals surface area contributed by atoms with Crippen LogP contribution in [0.15, 0.2) is 42.5 Å². The van der Waals surface area contributed by atoms with Crippen molar-refractivity contribution in [2.75, 3.05) is 0 Å². The molecule has 0 saturated heterocycles. The molecule has 0 N–H and O–H groups in total. The Morgan fingerprint density at radius 3 is 2.62 bits per heavy atom. The molecular formula is C15H16O. The number of hydrogen-bond donors (Lipinski definition) is 0. The molecule has 0 amide bonds. The van der Waals surface area contributed by atoms with Crippen molar-refractivity contribution in [2.24, 2.45) is 0 Å². The van der Waals surface area contributed by atoms with Gasteiger partial charge in [-0.1, -0.05) is 35.9 Å². The zero-order valence-corrected chi connectivity index (χ0v) is 9.95. The number of fused-ring (bicyclic) bond motifs is 3. The maximum Gasteiger partial charge on any atom is 0.138 e. The summed E-state index contributed by atoms with van der Waals surface area (Å²) in [7, 11) is 0. The molecule has 2 aliphatic rings. The second-order valence-corrected chi connectivity index (χ2v) is 5.13. The molecule has 0 bridgehead atoms. The van der Waals surface area contributed by atoms with E-state index in [0.717, 1.165) is 5.75 Å². The number of hydrogen-bond acceptors (Lipinski definition) is 1. The quantitative estimate of drug-likeness (QED) is 0.639. The molecule has 1 heteroatoms. The average molecular weight is 212 g/mol. The van der Waals surface area contributed by atoms with Gasteiger partial charge in [0.05, 0.1) is 5.41 Å². The normalized spacial score (nSPS) is 34.4.